The predicted molar refractivity (Wildman–Crippen MR) is 130 cm³/mol. The third-order valence-corrected chi connectivity index (χ3v) is 6.68. The van der Waals surface area contributed by atoms with Crippen molar-refractivity contribution in [3.8, 4) is 5.75 Å². The van der Waals surface area contributed by atoms with Crippen LogP contribution in [0.3, 0.4) is 0 Å². The second-order valence-electron chi connectivity index (χ2n) is 7.41. The highest BCUT2D eigenvalue weighted by atomic mass is 32.2. The normalized spacial score (nSPS) is 12.3. The Morgan fingerprint density at radius 3 is 2.62 bits per heavy atom. The number of methoxy groups -OCH3 is 1. The van der Waals surface area contributed by atoms with Gasteiger partial charge in [-0.05, 0) is 42.8 Å². The lowest BCUT2D eigenvalue weighted by atomic mass is 10.2. The highest BCUT2D eigenvalue weighted by Gasteiger charge is 2.22. The summed E-state index contributed by atoms with van der Waals surface area (Å²) in [6, 6.07) is 23.4. The van der Waals surface area contributed by atoms with Gasteiger partial charge in [0.15, 0.2) is 5.16 Å². The van der Waals surface area contributed by atoms with E-state index in [0.29, 0.717) is 17.9 Å². The van der Waals surface area contributed by atoms with Crippen molar-refractivity contribution in [2.75, 3.05) is 12.4 Å². The molecule has 1 amide bonds. The molecule has 2 aromatic heterocycles. The van der Waals surface area contributed by atoms with Crippen LogP contribution in [0.5, 0.6) is 5.75 Å². The van der Waals surface area contributed by atoms with Crippen molar-refractivity contribution in [2.24, 2.45) is 0 Å². The number of anilines is 1. The Balaban J connectivity index is 1.56. The van der Waals surface area contributed by atoms with Crippen molar-refractivity contribution in [2.45, 2.75) is 23.8 Å². The summed E-state index contributed by atoms with van der Waals surface area (Å²) < 4.78 is 7.32. The largest absolute Gasteiger partial charge is 0.497 e. The first kappa shape index (κ1) is 20.3. The lowest BCUT2D eigenvalue weighted by Gasteiger charge is -2.16. The summed E-state index contributed by atoms with van der Waals surface area (Å²) >= 11 is 1.46. The molecule has 0 saturated carbocycles. The number of fused-ring (bicyclic) bond motifs is 5. The first-order chi connectivity index (χ1) is 15.7. The molecule has 5 rings (SSSR count). The summed E-state index contributed by atoms with van der Waals surface area (Å²) in [5.74, 6) is 0.629. The number of amides is 1. The van der Waals surface area contributed by atoms with Gasteiger partial charge < -0.3 is 10.1 Å². The molecule has 0 unspecified atom stereocenters. The zero-order valence-electron chi connectivity index (χ0n) is 17.8. The van der Waals surface area contributed by atoms with E-state index in [4.69, 9.17) is 14.7 Å². The van der Waals surface area contributed by atoms with Crippen molar-refractivity contribution in [3.63, 3.8) is 0 Å². The van der Waals surface area contributed by atoms with Gasteiger partial charge >= 0.3 is 0 Å². The number of nitrogens with zero attached hydrogens (tertiary/aromatic N) is 3. The van der Waals surface area contributed by atoms with E-state index in [1.165, 1.54) is 11.8 Å². The predicted octanol–water partition coefficient (Wildman–Crippen LogP) is 5.55. The molecule has 0 aliphatic rings. The molecule has 0 spiro atoms. The quantitative estimate of drug-likeness (QED) is 0.276. The second kappa shape index (κ2) is 8.51. The van der Waals surface area contributed by atoms with E-state index in [2.05, 4.69) is 9.72 Å². The fourth-order valence-electron chi connectivity index (χ4n) is 3.77. The number of nitrogens with one attached hydrogen (secondary N) is 1. The van der Waals surface area contributed by atoms with Crippen LogP contribution in [0.1, 0.15) is 13.3 Å². The van der Waals surface area contributed by atoms with Crippen molar-refractivity contribution in [1.29, 1.82) is 0 Å². The molecule has 1 N–H and O–H groups in total. The Morgan fingerprint density at radius 2 is 1.81 bits per heavy atom. The molecule has 0 aliphatic heterocycles. The molecule has 0 radical (unpaired) electrons. The smallest absolute Gasteiger partial charge is 0.237 e. The molecule has 0 fully saturated rings. The molecule has 3 aromatic carbocycles. The van der Waals surface area contributed by atoms with Crippen LogP contribution in [-0.2, 0) is 4.79 Å². The maximum Gasteiger partial charge on any atom is 0.237 e. The molecule has 0 saturated heterocycles. The number of thioether (sulfide) groups is 1. The zero-order chi connectivity index (χ0) is 22.1. The second-order valence-corrected chi connectivity index (χ2v) is 8.58. The number of ether oxygens (including phenoxy) is 1. The summed E-state index contributed by atoms with van der Waals surface area (Å²) in [4.78, 5) is 22.9. The number of rotatable bonds is 6. The van der Waals surface area contributed by atoms with Crippen LogP contribution in [-0.4, -0.2) is 32.6 Å². The number of para-hydroxylation sites is 3. The highest BCUT2D eigenvalue weighted by Crippen LogP contribution is 2.32. The zero-order valence-corrected chi connectivity index (χ0v) is 18.6. The van der Waals surface area contributed by atoms with Gasteiger partial charge in [-0.25, -0.2) is 9.97 Å². The molecule has 160 valence electrons. The van der Waals surface area contributed by atoms with Gasteiger partial charge in [0.1, 0.15) is 11.4 Å². The van der Waals surface area contributed by atoms with Crippen LogP contribution in [0.2, 0.25) is 0 Å². The first-order valence-corrected chi connectivity index (χ1v) is 11.3. The molecule has 6 nitrogen and oxygen atoms in total. The van der Waals surface area contributed by atoms with Crippen molar-refractivity contribution >= 4 is 50.9 Å². The minimum absolute atomic E-state index is 0.0710. The van der Waals surface area contributed by atoms with E-state index < -0.39 is 0 Å². The molecular formula is C25H22N4O2S. The van der Waals surface area contributed by atoms with Gasteiger partial charge in [-0.3, -0.25) is 9.20 Å². The van der Waals surface area contributed by atoms with Crippen molar-refractivity contribution < 1.29 is 9.53 Å². The number of hydrogen-bond acceptors (Lipinski definition) is 5. The van der Waals surface area contributed by atoms with Crippen molar-refractivity contribution in [3.05, 3.63) is 72.8 Å². The fourth-order valence-corrected chi connectivity index (χ4v) is 4.79. The average Bonchev–Trinajstić information content (AvgIpc) is 3.22. The fraction of sp³-hybridized carbons (Fsp3) is 0.160. The minimum atomic E-state index is -0.320. The van der Waals surface area contributed by atoms with Gasteiger partial charge in [-0.1, -0.05) is 49.0 Å². The molecule has 2 heterocycles. The van der Waals surface area contributed by atoms with E-state index in [0.717, 1.165) is 32.7 Å². The van der Waals surface area contributed by atoms with Gasteiger partial charge in [-0.2, -0.15) is 0 Å². The van der Waals surface area contributed by atoms with Crippen LogP contribution in [0.15, 0.2) is 78.0 Å². The van der Waals surface area contributed by atoms with Gasteiger partial charge in [0.05, 0.1) is 28.9 Å². The van der Waals surface area contributed by atoms with Crippen LogP contribution in [0, 0.1) is 0 Å². The number of imidazole rings is 1. The Morgan fingerprint density at radius 1 is 1.03 bits per heavy atom. The van der Waals surface area contributed by atoms with Crippen LogP contribution >= 0.6 is 11.8 Å². The van der Waals surface area contributed by atoms with Gasteiger partial charge in [0, 0.05) is 17.1 Å². The maximum atomic E-state index is 13.1. The van der Waals surface area contributed by atoms with E-state index in [-0.39, 0.29) is 11.2 Å². The SMILES string of the molecule is CC[C@@H](Sc1nc2ccccc2c2nc3ccccc3n12)C(=O)Nc1cccc(OC)c1. The molecule has 32 heavy (non-hydrogen) atoms. The molecule has 5 aromatic rings. The van der Waals surface area contributed by atoms with Crippen LogP contribution < -0.4 is 10.1 Å². The number of aromatic nitrogens is 3. The number of benzene rings is 3. The number of carbonyl (C=O) groups is 1. The third kappa shape index (κ3) is 3.65. The lowest BCUT2D eigenvalue weighted by molar-refractivity contribution is -0.115. The molecule has 0 bridgehead atoms. The summed E-state index contributed by atoms with van der Waals surface area (Å²) in [6.45, 7) is 2.01. The van der Waals surface area contributed by atoms with Gasteiger partial charge in [-0.15, -0.1) is 0 Å². The molecule has 0 aliphatic carbocycles. The highest BCUT2D eigenvalue weighted by molar-refractivity contribution is 8.00. The Bertz CT molecular complexity index is 1450. The third-order valence-electron chi connectivity index (χ3n) is 5.36. The standard InChI is InChI=1S/C25H22N4O2S/c1-3-22(24(30)26-16-9-8-10-17(15-16)31-2)32-25-28-19-12-5-4-11-18(19)23-27-20-13-6-7-14-21(20)29(23)25/h4-15,22H,3H2,1-2H3,(H,26,30)/t22-/m1/s1. The lowest BCUT2D eigenvalue weighted by Crippen LogP contribution is -2.25. The monoisotopic (exact) mass is 442 g/mol. The average molecular weight is 443 g/mol. The van der Waals surface area contributed by atoms with Gasteiger partial charge in [0.25, 0.3) is 0 Å². The van der Waals surface area contributed by atoms with Crippen LogP contribution in [0.25, 0.3) is 27.6 Å². The van der Waals surface area contributed by atoms with Crippen LogP contribution in [0.4, 0.5) is 5.69 Å². The Hall–Kier alpha value is -3.58. The summed E-state index contributed by atoms with van der Waals surface area (Å²) in [5, 5.41) is 4.43. The maximum absolute atomic E-state index is 13.1. The van der Waals surface area contributed by atoms with E-state index in [1.54, 1.807) is 7.11 Å². The summed E-state index contributed by atoms with van der Waals surface area (Å²) in [6.07, 6.45) is 0.656. The molecule has 7 heteroatoms. The van der Waals surface area contributed by atoms with Gasteiger partial charge in [0.2, 0.25) is 5.91 Å². The summed E-state index contributed by atoms with van der Waals surface area (Å²) in [7, 11) is 1.61. The Kier molecular flexibility index (Phi) is 5.41. The summed E-state index contributed by atoms with van der Waals surface area (Å²) in [5.41, 5.74) is 4.30. The Labute approximate surface area is 189 Å². The topological polar surface area (TPSA) is 68.5 Å². The molecular weight excluding hydrogens is 420 g/mol. The first-order valence-electron chi connectivity index (χ1n) is 10.5. The van der Waals surface area contributed by atoms with Crippen molar-refractivity contribution in [1.82, 2.24) is 14.4 Å². The van der Waals surface area contributed by atoms with E-state index in [9.17, 15) is 4.79 Å². The van der Waals surface area contributed by atoms with E-state index in [1.807, 2.05) is 79.7 Å². The number of carbonyl (C=O) groups excluding carboxylic acids is 1. The van der Waals surface area contributed by atoms with E-state index >= 15 is 0 Å². The number of hydrogen-bond donors (Lipinski definition) is 1. The molecule has 1 atom stereocenters. The minimum Gasteiger partial charge on any atom is -0.497 e.